The maximum Gasteiger partial charge on any atom is 0.338 e. The summed E-state index contributed by atoms with van der Waals surface area (Å²) in [6, 6.07) is 10.9. The molecule has 4 heteroatoms. The molecule has 2 aromatic rings. The monoisotopic (exact) mass is 243 g/mol. The third-order valence-electron chi connectivity index (χ3n) is 2.59. The van der Waals surface area contributed by atoms with Crippen molar-refractivity contribution in [1.29, 1.82) is 0 Å². The molecule has 0 saturated carbocycles. The Hall–Kier alpha value is -2.36. The Labute approximate surface area is 105 Å². The van der Waals surface area contributed by atoms with Gasteiger partial charge in [-0.1, -0.05) is 18.2 Å². The predicted octanol–water partition coefficient (Wildman–Crippen LogP) is 2.54. The van der Waals surface area contributed by atoms with Gasteiger partial charge in [0.25, 0.3) is 0 Å². The number of benzene rings is 1. The van der Waals surface area contributed by atoms with Crippen molar-refractivity contribution in [2.75, 3.05) is 14.2 Å². The number of esters is 1. The molecule has 18 heavy (non-hydrogen) atoms. The van der Waals surface area contributed by atoms with Crippen molar-refractivity contribution in [3.05, 3.63) is 48.2 Å². The zero-order chi connectivity index (χ0) is 13.0. The van der Waals surface area contributed by atoms with E-state index in [-0.39, 0.29) is 5.97 Å². The van der Waals surface area contributed by atoms with Crippen LogP contribution in [0.3, 0.4) is 0 Å². The minimum absolute atomic E-state index is 0.360. The highest BCUT2D eigenvalue weighted by atomic mass is 16.5. The zero-order valence-electron chi connectivity index (χ0n) is 10.2. The third kappa shape index (κ3) is 2.32. The Kier molecular flexibility index (Phi) is 3.57. The Bertz CT molecular complexity index is 549. The summed E-state index contributed by atoms with van der Waals surface area (Å²) in [5.41, 5.74) is 2.16. The number of hydrogen-bond donors (Lipinski definition) is 0. The summed E-state index contributed by atoms with van der Waals surface area (Å²) in [6.07, 6.45) is 1.67. The van der Waals surface area contributed by atoms with Crippen molar-refractivity contribution in [2.24, 2.45) is 0 Å². The van der Waals surface area contributed by atoms with Crippen molar-refractivity contribution in [1.82, 2.24) is 4.98 Å². The number of ether oxygens (including phenoxy) is 2. The number of pyridine rings is 1. The lowest BCUT2D eigenvalue weighted by Crippen LogP contribution is -2.03. The molecule has 0 radical (unpaired) electrons. The Balaban J connectivity index is 2.46. The number of methoxy groups -OCH3 is 2. The molecule has 0 spiro atoms. The van der Waals surface area contributed by atoms with E-state index in [2.05, 4.69) is 4.98 Å². The summed E-state index contributed by atoms with van der Waals surface area (Å²) in [4.78, 5) is 15.8. The third-order valence-corrected chi connectivity index (χ3v) is 2.59. The minimum Gasteiger partial charge on any atom is -0.481 e. The summed E-state index contributed by atoms with van der Waals surface area (Å²) in [5.74, 6) is 0.177. The molecule has 0 N–H and O–H groups in total. The molecule has 0 unspecified atom stereocenters. The highest BCUT2D eigenvalue weighted by Crippen LogP contribution is 2.24. The van der Waals surface area contributed by atoms with Gasteiger partial charge in [0.15, 0.2) is 0 Å². The molecule has 0 atom stereocenters. The van der Waals surface area contributed by atoms with Gasteiger partial charge >= 0.3 is 5.97 Å². The van der Waals surface area contributed by atoms with E-state index in [4.69, 9.17) is 9.47 Å². The van der Waals surface area contributed by atoms with Crippen LogP contribution in [0.25, 0.3) is 11.1 Å². The lowest BCUT2D eigenvalue weighted by atomic mass is 10.0. The van der Waals surface area contributed by atoms with E-state index < -0.39 is 0 Å². The number of carbonyl (C=O) groups excluding carboxylic acids is 1. The SMILES string of the molecule is COC(=O)c1ccccc1-c1ccc(OC)nc1. The van der Waals surface area contributed by atoms with Crippen LogP contribution in [0.15, 0.2) is 42.6 Å². The average Bonchev–Trinajstić information content (AvgIpc) is 2.46. The summed E-state index contributed by atoms with van der Waals surface area (Å²) < 4.78 is 9.76. The lowest BCUT2D eigenvalue weighted by Gasteiger charge is -2.08. The molecule has 1 heterocycles. The molecule has 92 valence electrons. The molecule has 4 nitrogen and oxygen atoms in total. The first-order valence-corrected chi connectivity index (χ1v) is 5.44. The first kappa shape index (κ1) is 12.1. The van der Waals surface area contributed by atoms with E-state index in [1.54, 1.807) is 31.5 Å². The molecule has 0 aliphatic carbocycles. The quantitative estimate of drug-likeness (QED) is 0.777. The molecule has 0 bridgehead atoms. The number of aromatic nitrogens is 1. The second-order valence-electron chi connectivity index (χ2n) is 3.63. The Morgan fingerprint density at radius 3 is 2.50 bits per heavy atom. The fourth-order valence-electron chi connectivity index (χ4n) is 1.68. The van der Waals surface area contributed by atoms with Crippen molar-refractivity contribution in [2.45, 2.75) is 0 Å². The highest BCUT2D eigenvalue weighted by Gasteiger charge is 2.12. The lowest BCUT2D eigenvalue weighted by molar-refractivity contribution is 0.0601. The van der Waals surface area contributed by atoms with Crippen molar-refractivity contribution < 1.29 is 14.3 Å². The predicted molar refractivity (Wildman–Crippen MR) is 67.6 cm³/mol. The Morgan fingerprint density at radius 1 is 1.11 bits per heavy atom. The number of rotatable bonds is 3. The summed E-state index contributed by atoms with van der Waals surface area (Å²) >= 11 is 0. The first-order valence-electron chi connectivity index (χ1n) is 5.44. The second-order valence-corrected chi connectivity index (χ2v) is 3.63. The van der Waals surface area contributed by atoms with Gasteiger partial charge in [-0.15, -0.1) is 0 Å². The topological polar surface area (TPSA) is 48.4 Å². The molecule has 1 aromatic carbocycles. The second kappa shape index (κ2) is 5.31. The van der Waals surface area contributed by atoms with Crippen LogP contribution in [-0.2, 0) is 4.74 Å². The van der Waals surface area contributed by atoms with Crippen LogP contribution in [0.5, 0.6) is 5.88 Å². The fourth-order valence-corrected chi connectivity index (χ4v) is 1.68. The van der Waals surface area contributed by atoms with E-state index in [1.807, 2.05) is 18.2 Å². The maximum atomic E-state index is 11.7. The summed E-state index contributed by atoms with van der Waals surface area (Å²) in [7, 11) is 2.93. The van der Waals surface area contributed by atoms with Gasteiger partial charge in [-0.3, -0.25) is 0 Å². The van der Waals surface area contributed by atoms with Gasteiger partial charge in [0.2, 0.25) is 5.88 Å². The molecule has 2 rings (SSSR count). The molecular weight excluding hydrogens is 230 g/mol. The van der Waals surface area contributed by atoms with Crippen molar-refractivity contribution in [3.8, 4) is 17.0 Å². The highest BCUT2D eigenvalue weighted by molar-refractivity contribution is 5.97. The number of carbonyl (C=O) groups is 1. The first-order chi connectivity index (χ1) is 8.76. The summed E-state index contributed by atoms with van der Waals surface area (Å²) in [6.45, 7) is 0. The van der Waals surface area contributed by atoms with Crippen molar-refractivity contribution >= 4 is 5.97 Å². The van der Waals surface area contributed by atoms with Gasteiger partial charge in [-0.25, -0.2) is 9.78 Å². The van der Waals surface area contributed by atoms with Crippen LogP contribution in [0, 0.1) is 0 Å². The minimum atomic E-state index is -0.360. The molecule has 0 saturated heterocycles. The molecule has 0 aliphatic heterocycles. The van der Waals surface area contributed by atoms with Crippen molar-refractivity contribution in [3.63, 3.8) is 0 Å². The number of nitrogens with zero attached hydrogens (tertiary/aromatic N) is 1. The van der Waals surface area contributed by atoms with Gasteiger partial charge < -0.3 is 9.47 Å². The van der Waals surface area contributed by atoms with Gasteiger partial charge in [0.1, 0.15) is 0 Å². The molecule has 0 amide bonds. The van der Waals surface area contributed by atoms with E-state index in [1.165, 1.54) is 7.11 Å². The van der Waals surface area contributed by atoms with Gasteiger partial charge in [-0.05, 0) is 17.7 Å². The Morgan fingerprint density at radius 2 is 1.89 bits per heavy atom. The van der Waals surface area contributed by atoms with Crippen LogP contribution >= 0.6 is 0 Å². The summed E-state index contributed by atoms with van der Waals surface area (Å²) in [5, 5.41) is 0. The molecule has 1 aromatic heterocycles. The maximum absolute atomic E-state index is 11.7. The van der Waals surface area contributed by atoms with Crippen LogP contribution in [0.1, 0.15) is 10.4 Å². The van der Waals surface area contributed by atoms with Crippen LogP contribution < -0.4 is 4.74 Å². The van der Waals surface area contributed by atoms with Gasteiger partial charge in [0.05, 0.1) is 19.8 Å². The van der Waals surface area contributed by atoms with E-state index in [9.17, 15) is 4.79 Å². The van der Waals surface area contributed by atoms with E-state index in [0.29, 0.717) is 11.4 Å². The van der Waals surface area contributed by atoms with Gasteiger partial charge in [-0.2, -0.15) is 0 Å². The van der Waals surface area contributed by atoms with Gasteiger partial charge in [0, 0.05) is 17.8 Å². The molecule has 0 fully saturated rings. The van der Waals surface area contributed by atoms with Crippen LogP contribution in [0.4, 0.5) is 0 Å². The number of hydrogen-bond acceptors (Lipinski definition) is 4. The molecule has 0 aliphatic rings. The standard InChI is InChI=1S/C14H13NO3/c1-17-13-8-7-10(9-15-13)11-5-3-4-6-12(11)14(16)18-2/h3-9H,1-2H3. The van der Waals surface area contributed by atoms with Crippen LogP contribution in [0.2, 0.25) is 0 Å². The fraction of sp³-hybridized carbons (Fsp3) is 0.143. The normalized spacial score (nSPS) is 9.89. The van der Waals surface area contributed by atoms with E-state index >= 15 is 0 Å². The average molecular weight is 243 g/mol. The van der Waals surface area contributed by atoms with Crippen LogP contribution in [-0.4, -0.2) is 25.2 Å². The smallest absolute Gasteiger partial charge is 0.338 e. The van der Waals surface area contributed by atoms with E-state index in [0.717, 1.165) is 11.1 Å². The zero-order valence-corrected chi connectivity index (χ0v) is 10.2. The molecular formula is C14H13NO3. The largest absolute Gasteiger partial charge is 0.481 e.